The van der Waals surface area contributed by atoms with Crippen LogP contribution in [0.15, 0.2) is 23.1 Å². The van der Waals surface area contributed by atoms with Crippen molar-refractivity contribution in [1.82, 2.24) is 5.32 Å². The van der Waals surface area contributed by atoms with Crippen LogP contribution < -0.4 is 14.8 Å². The average Bonchev–Trinajstić information content (AvgIpc) is 2.60. The third kappa shape index (κ3) is 3.91. The number of rotatable bonds is 4. The van der Waals surface area contributed by atoms with Crippen molar-refractivity contribution in [2.75, 3.05) is 19.0 Å². The van der Waals surface area contributed by atoms with E-state index in [1.54, 1.807) is 0 Å². The Morgan fingerprint density at radius 2 is 1.96 bits per heavy atom. The number of carbonyl (C=O) groups is 1. The van der Waals surface area contributed by atoms with E-state index in [0.717, 1.165) is 48.5 Å². The van der Waals surface area contributed by atoms with Crippen molar-refractivity contribution in [2.24, 2.45) is 0 Å². The highest BCUT2D eigenvalue weighted by Crippen LogP contribution is 2.34. The van der Waals surface area contributed by atoms with E-state index in [1.807, 2.05) is 18.2 Å². The molecule has 2 aliphatic rings. The Hall–Kier alpha value is -1.87. The molecule has 1 aliphatic heterocycles. The molecule has 1 N–H and O–H groups in total. The second-order valence-corrected chi connectivity index (χ2v) is 6.95. The van der Waals surface area contributed by atoms with E-state index in [4.69, 9.17) is 9.47 Å². The maximum Gasteiger partial charge on any atom is 0.231 e. The number of fused-ring (bicyclic) bond motifs is 1. The van der Waals surface area contributed by atoms with E-state index < -0.39 is 5.54 Å². The predicted octanol–water partition coefficient (Wildman–Crippen LogP) is 2.89. The number of benzene rings is 1. The summed E-state index contributed by atoms with van der Waals surface area (Å²) in [4.78, 5) is 13.2. The van der Waals surface area contributed by atoms with Gasteiger partial charge in [0.2, 0.25) is 5.91 Å². The first-order chi connectivity index (χ1) is 11.2. The minimum absolute atomic E-state index is 0.0895. The zero-order chi connectivity index (χ0) is 16.1. The van der Waals surface area contributed by atoms with Crippen molar-refractivity contribution in [3.63, 3.8) is 0 Å². The largest absolute Gasteiger partial charge is 0.486 e. The summed E-state index contributed by atoms with van der Waals surface area (Å²) in [5, 5.41) is 12.3. The third-order valence-electron chi connectivity index (χ3n) is 4.18. The molecule has 1 aliphatic carbocycles. The summed E-state index contributed by atoms with van der Waals surface area (Å²) in [6.07, 6.45) is 4.66. The van der Waals surface area contributed by atoms with Crippen LogP contribution in [0, 0.1) is 11.3 Å². The van der Waals surface area contributed by atoms with Gasteiger partial charge in [0.05, 0.1) is 11.8 Å². The zero-order valence-corrected chi connectivity index (χ0v) is 13.8. The van der Waals surface area contributed by atoms with Crippen molar-refractivity contribution < 1.29 is 14.3 Å². The molecule has 0 saturated heterocycles. The molecule has 1 fully saturated rings. The Kier molecular flexibility index (Phi) is 4.97. The average molecular weight is 332 g/mol. The number of hydrogen-bond acceptors (Lipinski definition) is 5. The first kappa shape index (κ1) is 16.0. The summed E-state index contributed by atoms with van der Waals surface area (Å²) in [6, 6.07) is 8.00. The van der Waals surface area contributed by atoms with Crippen LogP contribution in [0.25, 0.3) is 0 Å². The Morgan fingerprint density at radius 3 is 2.70 bits per heavy atom. The van der Waals surface area contributed by atoms with Crippen molar-refractivity contribution >= 4 is 17.7 Å². The molecule has 1 amide bonds. The zero-order valence-electron chi connectivity index (χ0n) is 13.0. The van der Waals surface area contributed by atoms with Gasteiger partial charge in [0, 0.05) is 4.90 Å². The van der Waals surface area contributed by atoms with Crippen molar-refractivity contribution in [3.8, 4) is 17.6 Å². The molecule has 0 bridgehead atoms. The third-order valence-corrected chi connectivity index (χ3v) is 5.18. The Bertz CT molecular complexity index is 621. The molecule has 0 aromatic heterocycles. The Balaban J connectivity index is 1.55. The smallest absolute Gasteiger partial charge is 0.231 e. The molecule has 0 unspecified atom stereocenters. The summed E-state index contributed by atoms with van der Waals surface area (Å²) in [5.41, 5.74) is -0.664. The fraction of sp³-hybridized carbons (Fsp3) is 0.529. The van der Waals surface area contributed by atoms with Crippen LogP contribution in [0.5, 0.6) is 11.5 Å². The molecule has 3 rings (SSSR count). The maximum absolute atomic E-state index is 12.2. The highest BCUT2D eigenvalue weighted by atomic mass is 32.2. The van der Waals surface area contributed by atoms with Crippen LogP contribution in [0.1, 0.15) is 32.1 Å². The van der Waals surface area contributed by atoms with E-state index >= 15 is 0 Å². The minimum atomic E-state index is -0.664. The van der Waals surface area contributed by atoms with Gasteiger partial charge in [0.25, 0.3) is 0 Å². The molecule has 23 heavy (non-hydrogen) atoms. The van der Waals surface area contributed by atoms with Gasteiger partial charge < -0.3 is 14.8 Å². The minimum Gasteiger partial charge on any atom is -0.486 e. The lowest BCUT2D eigenvalue weighted by atomic mass is 9.83. The number of amides is 1. The molecule has 1 aromatic carbocycles. The lowest BCUT2D eigenvalue weighted by Gasteiger charge is -2.31. The number of nitrogens with one attached hydrogen (secondary N) is 1. The molecule has 5 nitrogen and oxygen atoms in total. The summed E-state index contributed by atoms with van der Waals surface area (Å²) < 4.78 is 11.0. The molecular weight excluding hydrogens is 312 g/mol. The second-order valence-electron chi connectivity index (χ2n) is 5.90. The van der Waals surface area contributed by atoms with Gasteiger partial charge in [-0.2, -0.15) is 5.26 Å². The number of carbonyl (C=O) groups excluding carboxylic acids is 1. The van der Waals surface area contributed by atoms with Gasteiger partial charge in [-0.05, 0) is 31.0 Å². The van der Waals surface area contributed by atoms with Crippen LogP contribution in [-0.2, 0) is 4.79 Å². The van der Waals surface area contributed by atoms with Crippen molar-refractivity contribution in [1.29, 1.82) is 5.26 Å². The summed E-state index contributed by atoms with van der Waals surface area (Å²) in [6.45, 7) is 1.12. The van der Waals surface area contributed by atoms with Crippen LogP contribution in [0.3, 0.4) is 0 Å². The van der Waals surface area contributed by atoms with Gasteiger partial charge >= 0.3 is 0 Å². The highest BCUT2D eigenvalue weighted by molar-refractivity contribution is 8.00. The number of ether oxygens (including phenoxy) is 2. The van der Waals surface area contributed by atoms with Gasteiger partial charge in [-0.25, -0.2) is 0 Å². The standard InChI is InChI=1S/C17H20N2O3S/c18-12-17(6-2-1-3-7-17)19-16(20)11-23-13-4-5-14-15(10-13)22-9-8-21-14/h4-5,10H,1-3,6-9,11H2,(H,19,20). The van der Waals surface area contributed by atoms with Crippen LogP contribution in [0.4, 0.5) is 0 Å². The fourth-order valence-corrected chi connectivity index (χ4v) is 3.71. The first-order valence-corrected chi connectivity index (χ1v) is 8.94. The number of hydrogen-bond donors (Lipinski definition) is 1. The van der Waals surface area contributed by atoms with E-state index in [-0.39, 0.29) is 5.91 Å². The van der Waals surface area contributed by atoms with Crippen molar-refractivity contribution in [2.45, 2.75) is 42.5 Å². The van der Waals surface area contributed by atoms with E-state index in [0.29, 0.717) is 19.0 Å². The summed E-state index contributed by atoms with van der Waals surface area (Å²) in [7, 11) is 0. The molecule has 6 heteroatoms. The first-order valence-electron chi connectivity index (χ1n) is 7.95. The summed E-state index contributed by atoms with van der Waals surface area (Å²) in [5.74, 6) is 1.68. The van der Waals surface area contributed by atoms with Gasteiger partial charge in [-0.3, -0.25) is 4.79 Å². The fourth-order valence-electron chi connectivity index (χ4n) is 2.99. The Labute approximate surface area is 140 Å². The quantitative estimate of drug-likeness (QED) is 0.859. The molecule has 1 heterocycles. The predicted molar refractivity (Wildman–Crippen MR) is 87.7 cm³/mol. The van der Waals surface area contributed by atoms with Crippen molar-refractivity contribution in [3.05, 3.63) is 18.2 Å². The van der Waals surface area contributed by atoms with E-state index in [2.05, 4.69) is 11.4 Å². The molecule has 1 aromatic rings. The molecule has 122 valence electrons. The molecule has 1 saturated carbocycles. The number of nitriles is 1. The highest BCUT2D eigenvalue weighted by Gasteiger charge is 2.33. The SMILES string of the molecule is N#CC1(NC(=O)CSc2ccc3c(c2)OCCO3)CCCCC1. The molecule has 0 atom stereocenters. The maximum atomic E-state index is 12.2. The lowest BCUT2D eigenvalue weighted by Crippen LogP contribution is -2.49. The molecular formula is C17H20N2O3S. The van der Waals surface area contributed by atoms with Crippen LogP contribution in [-0.4, -0.2) is 30.4 Å². The van der Waals surface area contributed by atoms with Gasteiger partial charge in [-0.15, -0.1) is 11.8 Å². The van der Waals surface area contributed by atoms with Gasteiger partial charge in [0.1, 0.15) is 18.8 Å². The second kappa shape index (κ2) is 7.14. The van der Waals surface area contributed by atoms with Gasteiger partial charge in [0.15, 0.2) is 11.5 Å². The number of nitrogens with zero attached hydrogens (tertiary/aromatic N) is 1. The molecule has 0 spiro atoms. The Morgan fingerprint density at radius 1 is 1.22 bits per heavy atom. The van der Waals surface area contributed by atoms with E-state index in [1.165, 1.54) is 11.8 Å². The van der Waals surface area contributed by atoms with Crippen LogP contribution in [0.2, 0.25) is 0 Å². The summed E-state index contributed by atoms with van der Waals surface area (Å²) >= 11 is 1.44. The lowest BCUT2D eigenvalue weighted by molar-refractivity contribution is -0.120. The van der Waals surface area contributed by atoms with Gasteiger partial charge in [-0.1, -0.05) is 19.3 Å². The normalized spacial score (nSPS) is 18.7. The topological polar surface area (TPSA) is 71.4 Å². The molecule has 0 radical (unpaired) electrons. The number of thioether (sulfide) groups is 1. The van der Waals surface area contributed by atoms with Crippen LogP contribution >= 0.6 is 11.8 Å². The van der Waals surface area contributed by atoms with E-state index in [9.17, 15) is 10.1 Å². The monoisotopic (exact) mass is 332 g/mol.